The first kappa shape index (κ1) is 12.3. The fraction of sp³-hybridized carbons (Fsp3) is 0.0909. The Balaban J connectivity index is 2.05. The van der Waals surface area contributed by atoms with Crippen molar-refractivity contribution in [3.05, 3.63) is 35.0 Å². The molecule has 2 amide bonds. The summed E-state index contributed by atoms with van der Waals surface area (Å²) in [4.78, 5) is 11.6. The van der Waals surface area contributed by atoms with E-state index in [2.05, 4.69) is 15.8 Å². The normalized spacial score (nSPS) is 10.1. The zero-order valence-corrected chi connectivity index (χ0v) is 10.2. The maximum atomic E-state index is 11.6. The van der Waals surface area contributed by atoms with E-state index in [1.54, 1.807) is 13.0 Å². The molecule has 1 heterocycles. The third-order valence-electron chi connectivity index (χ3n) is 2.08. The van der Waals surface area contributed by atoms with Crippen LogP contribution in [0.2, 0.25) is 5.02 Å². The topological polar surface area (TPSA) is 87.4 Å². The van der Waals surface area contributed by atoms with Crippen LogP contribution in [-0.4, -0.2) is 16.3 Å². The highest BCUT2D eigenvalue weighted by Crippen LogP contribution is 2.26. The zero-order valence-electron chi connectivity index (χ0n) is 9.40. The molecular weight excluding hydrogens is 258 g/mol. The first-order valence-corrected chi connectivity index (χ1v) is 5.42. The van der Waals surface area contributed by atoms with Crippen molar-refractivity contribution in [2.75, 3.05) is 10.6 Å². The standard InChI is InChI=1S/C11H10ClN3O3/c1-6-4-10(15-18-6)14-11(17)13-8-5-7(12)2-3-9(8)16/h2-5,16H,1H3,(H2,13,14,15,17). The highest BCUT2D eigenvalue weighted by Gasteiger charge is 2.09. The van der Waals surface area contributed by atoms with Crippen molar-refractivity contribution < 1.29 is 14.4 Å². The minimum atomic E-state index is -0.555. The molecule has 1 aromatic carbocycles. The van der Waals surface area contributed by atoms with Gasteiger partial charge < -0.3 is 14.9 Å². The van der Waals surface area contributed by atoms with Crippen molar-refractivity contribution in [1.82, 2.24) is 5.16 Å². The average Bonchev–Trinajstić information content (AvgIpc) is 2.69. The molecule has 3 N–H and O–H groups in total. The third-order valence-corrected chi connectivity index (χ3v) is 2.31. The van der Waals surface area contributed by atoms with Gasteiger partial charge in [-0.3, -0.25) is 5.32 Å². The Hall–Kier alpha value is -2.21. The molecule has 0 aliphatic heterocycles. The van der Waals surface area contributed by atoms with E-state index in [9.17, 15) is 9.90 Å². The number of benzene rings is 1. The molecule has 0 spiro atoms. The monoisotopic (exact) mass is 267 g/mol. The maximum absolute atomic E-state index is 11.6. The summed E-state index contributed by atoms with van der Waals surface area (Å²) in [7, 11) is 0. The number of carbonyl (C=O) groups is 1. The van der Waals surface area contributed by atoms with Gasteiger partial charge in [-0.1, -0.05) is 16.8 Å². The minimum Gasteiger partial charge on any atom is -0.506 e. The summed E-state index contributed by atoms with van der Waals surface area (Å²) in [5, 5.41) is 18.4. The summed E-state index contributed by atoms with van der Waals surface area (Å²) >= 11 is 5.75. The molecule has 94 valence electrons. The first-order valence-electron chi connectivity index (χ1n) is 5.04. The van der Waals surface area contributed by atoms with Gasteiger partial charge in [0.25, 0.3) is 0 Å². The molecule has 0 aliphatic carbocycles. The number of urea groups is 1. The molecular formula is C11H10ClN3O3. The lowest BCUT2D eigenvalue weighted by atomic mass is 10.3. The van der Waals surface area contributed by atoms with Crippen LogP contribution in [0.25, 0.3) is 0 Å². The summed E-state index contributed by atoms with van der Waals surface area (Å²) < 4.78 is 4.80. The number of aromatic nitrogens is 1. The molecule has 0 fully saturated rings. The van der Waals surface area contributed by atoms with E-state index in [1.165, 1.54) is 18.2 Å². The number of phenolic OH excluding ortho intramolecular Hbond substituents is 1. The van der Waals surface area contributed by atoms with Crippen LogP contribution < -0.4 is 10.6 Å². The summed E-state index contributed by atoms with van der Waals surface area (Å²) in [6.07, 6.45) is 0. The van der Waals surface area contributed by atoms with Crippen LogP contribution in [0.3, 0.4) is 0 Å². The van der Waals surface area contributed by atoms with Gasteiger partial charge in [0.05, 0.1) is 5.69 Å². The lowest BCUT2D eigenvalue weighted by molar-refractivity contribution is 0.261. The Morgan fingerprint density at radius 2 is 2.17 bits per heavy atom. The molecule has 7 heteroatoms. The van der Waals surface area contributed by atoms with E-state index >= 15 is 0 Å². The van der Waals surface area contributed by atoms with Crippen molar-refractivity contribution in [1.29, 1.82) is 0 Å². The number of halogens is 1. The highest BCUT2D eigenvalue weighted by molar-refractivity contribution is 6.31. The SMILES string of the molecule is Cc1cc(NC(=O)Nc2cc(Cl)ccc2O)no1. The van der Waals surface area contributed by atoms with Crippen molar-refractivity contribution in [2.45, 2.75) is 6.92 Å². The Bertz CT molecular complexity index is 583. The van der Waals surface area contributed by atoms with E-state index in [-0.39, 0.29) is 17.3 Å². The van der Waals surface area contributed by atoms with Gasteiger partial charge in [-0.05, 0) is 25.1 Å². The van der Waals surface area contributed by atoms with Crippen LogP contribution >= 0.6 is 11.6 Å². The second kappa shape index (κ2) is 4.97. The third kappa shape index (κ3) is 2.92. The Labute approximate surface area is 108 Å². The van der Waals surface area contributed by atoms with E-state index in [0.29, 0.717) is 10.8 Å². The van der Waals surface area contributed by atoms with Crippen molar-refractivity contribution in [2.24, 2.45) is 0 Å². The molecule has 0 atom stereocenters. The molecule has 0 aliphatic rings. The molecule has 0 unspecified atom stereocenters. The second-order valence-electron chi connectivity index (χ2n) is 3.56. The summed E-state index contributed by atoms with van der Waals surface area (Å²) in [6.45, 7) is 1.71. The lowest BCUT2D eigenvalue weighted by Gasteiger charge is -2.07. The highest BCUT2D eigenvalue weighted by atomic mass is 35.5. The first-order chi connectivity index (χ1) is 8.54. The Morgan fingerprint density at radius 1 is 1.39 bits per heavy atom. The summed E-state index contributed by atoms with van der Waals surface area (Å²) in [5.74, 6) is 0.785. The predicted molar refractivity (Wildman–Crippen MR) is 67.0 cm³/mol. The number of amides is 2. The van der Waals surface area contributed by atoms with E-state index in [1.807, 2.05) is 0 Å². The Kier molecular flexibility index (Phi) is 3.38. The number of hydrogen-bond donors (Lipinski definition) is 3. The van der Waals surface area contributed by atoms with Crippen molar-refractivity contribution >= 4 is 29.1 Å². The van der Waals surface area contributed by atoms with E-state index < -0.39 is 6.03 Å². The average molecular weight is 268 g/mol. The molecule has 6 nitrogen and oxygen atoms in total. The molecule has 0 bridgehead atoms. The minimum absolute atomic E-state index is 0.0779. The number of nitrogens with one attached hydrogen (secondary N) is 2. The van der Waals surface area contributed by atoms with Crippen LogP contribution in [0.1, 0.15) is 5.76 Å². The number of carbonyl (C=O) groups excluding carboxylic acids is 1. The maximum Gasteiger partial charge on any atom is 0.325 e. The smallest absolute Gasteiger partial charge is 0.325 e. The second-order valence-corrected chi connectivity index (χ2v) is 4.00. The van der Waals surface area contributed by atoms with E-state index in [4.69, 9.17) is 16.1 Å². The largest absolute Gasteiger partial charge is 0.506 e. The number of phenols is 1. The van der Waals surface area contributed by atoms with Gasteiger partial charge in [-0.15, -0.1) is 0 Å². The number of anilines is 2. The fourth-order valence-electron chi connectivity index (χ4n) is 1.30. The van der Waals surface area contributed by atoms with Crippen LogP contribution in [0.15, 0.2) is 28.8 Å². The molecule has 2 aromatic rings. The number of aromatic hydroxyl groups is 1. The van der Waals surface area contributed by atoms with Crippen LogP contribution in [0, 0.1) is 6.92 Å². The number of hydrogen-bond acceptors (Lipinski definition) is 4. The Morgan fingerprint density at radius 3 is 2.83 bits per heavy atom. The summed E-state index contributed by atoms with van der Waals surface area (Å²) in [6, 6.07) is 5.35. The van der Waals surface area contributed by atoms with Gasteiger partial charge in [0, 0.05) is 11.1 Å². The van der Waals surface area contributed by atoms with Gasteiger partial charge in [-0.25, -0.2) is 4.79 Å². The molecule has 18 heavy (non-hydrogen) atoms. The quantitative estimate of drug-likeness (QED) is 0.730. The van der Waals surface area contributed by atoms with Crippen LogP contribution in [-0.2, 0) is 0 Å². The number of nitrogens with zero attached hydrogens (tertiary/aromatic N) is 1. The van der Waals surface area contributed by atoms with Crippen molar-refractivity contribution in [3.8, 4) is 5.75 Å². The molecule has 0 saturated heterocycles. The fourth-order valence-corrected chi connectivity index (χ4v) is 1.48. The predicted octanol–water partition coefficient (Wildman–Crippen LogP) is 2.99. The van der Waals surface area contributed by atoms with Crippen molar-refractivity contribution in [3.63, 3.8) is 0 Å². The van der Waals surface area contributed by atoms with Gasteiger partial charge >= 0.3 is 6.03 Å². The van der Waals surface area contributed by atoms with Gasteiger partial charge in [0.2, 0.25) is 0 Å². The van der Waals surface area contributed by atoms with E-state index in [0.717, 1.165) is 0 Å². The van der Waals surface area contributed by atoms with Gasteiger partial charge in [-0.2, -0.15) is 0 Å². The van der Waals surface area contributed by atoms with Crippen LogP contribution in [0.5, 0.6) is 5.75 Å². The number of aryl methyl sites for hydroxylation is 1. The van der Waals surface area contributed by atoms with Gasteiger partial charge in [0.15, 0.2) is 5.82 Å². The number of rotatable bonds is 2. The lowest BCUT2D eigenvalue weighted by Crippen LogP contribution is -2.19. The molecule has 2 rings (SSSR count). The van der Waals surface area contributed by atoms with Gasteiger partial charge in [0.1, 0.15) is 11.5 Å². The zero-order chi connectivity index (χ0) is 13.1. The molecule has 0 radical (unpaired) electrons. The van der Waals surface area contributed by atoms with Crippen LogP contribution in [0.4, 0.5) is 16.3 Å². The molecule has 1 aromatic heterocycles. The molecule has 0 saturated carbocycles. The summed E-state index contributed by atoms with van der Waals surface area (Å²) in [5.41, 5.74) is 0.209.